The molecule has 0 bridgehead atoms. The third-order valence-electron chi connectivity index (χ3n) is 4.83. The number of nitrogens with one attached hydrogen (secondary N) is 1. The Bertz CT molecular complexity index is 706. The Kier molecular flexibility index (Phi) is 8.36. The SMILES string of the molecule is O=C(CCN1CCN(CC(O)CSc2ccccc2)CC1)Nc1ccccc1. The summed E-state index contributed by atoms with van der Waals surface area (Å²) in [7, 11) is 0. The summed E-state index contributed by atoms with van der Waals surface area (Å²) in [6.45, 7) is 5.25. The molecule has 1 heterocycles. The predicted octanol–water partition coefficient (Wildman–Crippen LogP) is 2.79. The number of amides is 1. The number of carbonyl (C=O) groups excluding carboxylic acids is 1. The standard InChI is InChI=1S/C22H29N3O2S/c26-20(18-28-21-9-5-2-6-10-21)17-25-15-13-24(14-16-25)12-11-22(27)23-19-7-3-1-4-8-19/h1-10,20,26H,11-18H2,(H,23,27). The second kappa shape index (κ2) is 11.2. The highest BCUT2D eigenvalue weighted by atomic mass is 32.2. The first-order valence-electron chi connectivity index (χ1n) is 9.84. The van der Waals surface area contributed by atoms with Gasteiger partial charge in [-0.25, -0.2) is 0 Å². The fraction of sp³-hybridized carbons (Fsp3) is 0.409. The molecule has 1 amide bonds. The first kappa shape index (κ1) is 20.9. The van der Waals surface area contributed by atoms with Crippen molar-refractivity contribution < 1.29 is 9.90 Å². The summed E-state index contributed by atoms with van der Waals surface area (Å²) < 4.78 is 0. The molecule has 1 aliphatic heterocycles. The maximum absolute atomic E-state index is 12.1. The zero-order chi connectivity index (χ0) is 19.6. The number of para-hydroxylation sites is 1. The third-order valence-corrected chi connectivity index (χ3v) is 5.99. The number of aliphatic hydroxyl groups is 1. The highest BCUT2D eigenvalue weighted by Crippen LogP contribution is 2.18. The summed E-state index contributed by atoms with van der Waals surface area (Å²) in [4.78, 5) is 17.9. The zero-order valence-electron chi connectivity index (χ0n) is 16.2. The number of benzene rings is 2. The molecule has 1 unspecified atom stereocenters. The molecule has 0 aromatic heterocycles. The van der Waals surface area contributed by atoms with Crippen LogP contribution in [0.2, 0.25) is 0 Å². The van der Waals surface area contributed by atoms with Crippen molar-refractivity contribution in [1.82, 2.24) is 9.80 Å². The lowest BCUT2D eigenvalue weighted by atomic mass is 10.2. The minimum atomic E-state index is -0.326. The van der Waals surface area contributed by atoms with Gasteiger partial charge in [0.15, 0.2) is 0 Å². The van der Waals surface area contributed by atoms with E-state index in [1.165, 1.54) is 4.90 Å². The van der Waals surface area contributed by atoms with Crippen molar-refractivity contribution >= 4 is 23.4 Å². The fourth-order valence-electron chi connectivity index (χ4n) is 3.26. The maximum Gasteiger partial charge on any atom is 0.225 e. The number of carbonyl (C=O) groups is 1. The maximum atomic E-state index is 12.1. The molecule has 1 saturated heterocycles. The van der Waals surface area contributed by atoms with Crippen molar-refractivity contribution in [3.05, 3.63) is 60.7 Å². The van der Waals surface area contributed by atoms with Crippen LogP contribution in [-0.2, 0) is 4.79 Å². The van der Waals surface area contributed by atoms with Crippen LogP contribution in [0, 0.1) is 0 Å². The van der Waals surface area contributed by atoms with Crippen LogP contribution in [-0.4, -0.2) is 71.9 Å². The van der Waals surface area contributed by atoms with Crippen molar-refractivity contribution in [3.63, 3.8) is 0 Å². The Hall–Kier alpha value is -1.86. The van der Waals surface area contributed by atoms with Crippen LogP contribution < -0.4 is 5.32 Å². The molecule has 3 rings (SSSR count). The number of anilines is 1. The highest BCUT2D eigenvalue weighted by molar-refractivity contribution is 7.99. The molecule has 1 fully saturated rings. The normalized spacial score (nSPS) is 16.6. The van der Waals surface area contributed by atoms with Crippen LogP contribution >= 0.6 is 11.8 Å². The number of aliphatic hydroxyl groups excluding tert-OH is 1. The average molecular weight is 400 g/mol. The molecular formula is C22H29N3O2S. The quantitative estimate of drug-likeness (QED) is 0.635. The molecule has 0 radical (unpaired) electrons. The van der Waals surface area contributed by atoms with E-state index in [-0.39, 0.29) is 12.0 Å². The molecule has 28 heavy (non-hydrogen) atoms. The van der Waals surface area contributed by atoms with Crippen LogP contribution in [0.25, 0.3) is 0 Å². The van der Waals surface area contributed by atoms with Crippen LogP contribution in [0.4, 0.5) is 5.69 Å². The number of nitrogens with zero attached hydrogens (tertiary/aromatic N) is 2. The van der Waals surface area contributed by atoms with Crippen LogP contribution in [0.3, 0.4) is 0 Å². The van der Waals surface area contributed by atoms with Gasteiger partial charge in [0.1, 0.15) is 0 Å². The third kappa shape index (κ3) is 7.28. The Morgan fingerprint density at radius 1 is 0.964 bits per heavy atom. The minimum Gasteiger partial charge on any atom is -0.391 e. The molecular weight excluding hydrogens is 370 g/mol. The van der Waals surface area contributed by atoms with Crippen LogP contribution in [0.15, 0.2) is 65.6 Å². The topological polar surface area (TPSA) is 55.8 Å². The second-order valence-corrected chi connectivity index (χ2v) is 8.18. The minimum absolute atomic E-state index is 0.0574. The van der Waals surface area contributed by atoms with Crippen molar-refractivity contribution in [3.8, 4) is 0 Å². The van der Waals surface area contributed by atoms with Gasteiger partial charge in [-0.1, -0.05) is 36.4 Å². The van der Waals surface area contributed by atoms with E-state index < -0.39 is 0 Å². The molecule has 1 atom stereocenters. The first-order valence-corrected chi connectivity index (χ1v) is 10.8. The summed E-state index contributed by atoms with van der Waals surface area (Å²) >= 11 is 1.70. The Balaban J connectivity index is 1.29. The summed E-state index contributed by atoms with van der Waals surface area (Å²) in [5.74, 6) is 0.770. The van der Waals surface area contributed by atoms with E-state index in [2.05, 4.69) is 27.2 Å². The lowest BCUT2D eigenvalue weighted by molar-refractivity contribution is -0.116. The molecule has 2 N–H and O–H groups in total. The van der Waals surface area contributed by atoms with Crippen molar-refractivity contribution in [2.45, 2.75) is 17.4 Å². The molecule has 0 saturated carbocycles. The van der Waals surface area contributed by atoms with Gasteiger partial charge in [-0.05, 0) is 24.3 Å². The van der Waals surface area contributed by atoms with Crippen molar-refractivity contribution in [2.24, 2.45) is 0 Å². The van der Waals surface area contributed by atoms with Gasteiger partial charge in [0.05, 0.1) is 6.10 Å². The number of piperazine rings is 1. The van der Waals surface area contributed by atoms with Gasteiger partial charge in [0, 0.05) is 62.0 Å². The molecule has 0 aliphatic carbocycles. The zero-order valence-corrected chi connectivity index (χ0v) is 17.0. The molecule has 2 aromatic carbocycles. The van der Waals surface area contributed by atoms with Gasteiger partial charge < -0.3 is 15.3 Å². The Morgan fingerprint density at radius 3 is 2.25 bits per heavy atom. The number of rotatable bonds is 9. The Labute approximate surface area is 171 Å². The lowest BCUT2D eigenvalue weighted by Crippen LogP contribution is -2.49. The highest BCUT2D eigenvalue weighted by Gasteiger charge is 2.19. The van der Waals surface area contributed by atoms with E-state index in [4.69, 9.17) is 0 Å². The molecule has 150 valence electrons. The van der Waals surface area contributed by atoms with Gasteiger partial charge in [0.2, 0.25) is 5.91 Å². The van der Waals surface area contributed by atoms with Gasteiger partial charge in [-0.2, -0.15) is 0 Å². The van der Waals surface area contributed by atoms with Crippen molar-refractivity contribution in [2.75, 3.05) is 50.3 Å². The number of hydrogen-bond acceptors (Lipinski definition) is 5. The van der Waals surface area contributed by atoms with E-state index in [1.54, 1.807) is 11.8 Å². The van der Waals surface area contributed by atoms with E-state index in [1.807, 2.05) is 48.5 Å². The second-order valence-electron chi connectivity index (χ2n) is 7.08. The predicted molar refractivity (Wildman–Crippen MR) is 116 cm³/mol. The van der Waals surface area contributed by atoms with E-state index in [9.17, 15) is 9.90 Å². The first-order chi connectivity index (χ1) is 13.7. The van der Waals surface area contributed by atoms with E-state index >= 15 is 0 Å². The van der Waals surface area contributed by atoms with Gasteiger partial charge >= 0.3 is 0 Å². The monoisotopic (exact) mass is 399 g/mol. The van der Waals surface area contributed by atoms with Crippen molar-refractivity contribution in [1.29, 1.82) is 0 Å². The Morgan fingerprint density at radius 2 is 1.57 bits per heavy atom. The lowest BCUT2D eigenvalue weighted by Gasteiger charge is -2.35. The number of β-amino-alcohol motifs (C(OH)–C–C–N with tert-alkyl or cyclic N) is 1. The summed E-state index contributed by atoms with van der Waals surface area (Å²) in [6, 6.07) is 19.8. The summed E-state index contributed by atoms with van der Waals surface area (Å²) in [5, 5.41) is 13.2. The van der Waals surface area contributed by atoms with Crippen LogP contribution in [0.1, 0.15) is 6.42 Å². The number of thioether (sulfide) groups is 1. The molecule has 0 spiro atoms. The van der Waals surface area contributed by atoms with Gasteiger partial charge in [-0.3, -0.25) is 9.69 Å². The number of hydrogen-bond donors (Lipinski definition) is 2. The summed E-state index contributed by atoms with van der Waals surface area (Å²) in [5.41, 5.74) is 0.847. The van der Waals surface area contributed by atoms with E-state index in [0.29, 0.717) is 18.7 Å². The average Bonchev–Trinajstić information content (AvgIpc) is 2.73. The van der Waals surface area contributed by atoms with Crippen LogP contribution in [0.5, 0.6) is 0 Å². The molecule has 1 aliphatic rings. The smallest absolute Gasteiger partial charge is 0.225 e. The molecule has 5 nitrogen and oxygen atoms in total. The fourth-order valence-corrected chi connectivity index (χ4v) is 4.10. The van der Waals surface area contributed by atoms with E-state index in [0.717, 1.165) is 38.4 Å². The molecule has 2 aromatic rings. The largest absolute Gasteiger partial charge is 0.391 e. The summed E-state index contributed by atoms with van der Waals surface area (Å²) in [6.07, 6.45) is 0.180. The van der Waals surface area contributed by atoms with Gasteiger partial charge in [-0.15, -0.1) is 11.8 Å². The van der Waals surface area contributed by atoms with Gasteiger partial charge in [0.25, 0.3) is 0 Å². The molecule has 6 heteroatoms.